The smallest absolute Gasteiger partial charge is 0.166 e. The van der Waals surface area contributed by atoms with Gasteiger partial charge in [-0.25, -0.2) is 0 Å². The van der Waals surface area contributed by atoms with Crippen molar-refractivity contribution in [3.05, 3.63) is 10.4 Å². The van der Waals surface area contributed by atoms with Gasteiger partial charge >= 0.3 is 0 Å². The quantitative estimate of drug-likeness (QED) is 0.201. The summed E-state index contributed by atoms with van der Waals surface area (Å²) in [7, 11) is 0. The number of hydrogen-bond acceptors (Lipinski definition) is 2. The van der Waals surface area contributed by atoms with Crippen LogP contribution < -0.4 is 0 Å². The van der Waals surface area contributed by atoms with E-state index in [4.69, 9.17) is 5.53 Å². The lowest BCUT2D eigenvalue weighted by molar-refractivity contribution is 0.205. The highest BCUT2D eigenvalue weighted by atomic mass is 16.9. The van der Waals surface area contributed by atoms with E-state index in [1.807, 2.05) is 0 Å². The second-order valence-electron chi connectivity index (χ2n) is 0.789. The number of azide groups is 1. The molecule has 0 atom stereocenters. The summed E-state index contributed by atoms with van der Waals surface area (Å²) in [6.45, 7) is 0.435. The highest BCUT2D eigenvalue weighted by molar-refractivity contribution is 4.39. The lowest BCUT2D eigenvalue weighted by Gasteiger charge is -1.64. The first-order valence-electron chi connectivity index (χ1n) is 1.39. The van der Waals surface area contributed by atoms with E-state index in [1.54, 1.807) is 0 Å². The minimum atomic E-state index is 0.435. The van der Waals surface area contributed by atoms with Gasteiger partial charge < -0.3 is 0 Å². The minimum absolute atomic E-state index is 0.435. The normalized spacial score (nSPS) is 16.3. The fourth-order valence-corrected chi connectivity index (χ4v) is 0.122. The molecule has 0 unspecified atom stereocenters. The fraction of sp³-hybridized carbons (Fsp3) is 1.00. The molecule has 0 amide bonds. The van der Waals surface area contributed by atoms with Crippen LogP contribution in [0.15, 0.2) is 5.22 Å². The Morgan fingerprint density at radius 2 is 2.67 bits per heavy atom. The third-order valence-corrected chi connectivity index (χ3v) is 0.384. The Bertz CT molecular complexity index is 89.7. The second kappa shape index (κ2) is 1.04. The van der Waals surface area contributed by atoms with Crippen molar-refractivity contribution in [3.63, 3.8) is 0 Å². The molecule has 1 saturated heterocycles. The summed E-state index contributed by atoms with van der Waals surface area (Å²) in [6, 6.07) is 0. The van der Waals surface area contributed by atoms with Gasteiger partial charge in [-0.2, -0.15) is 4.91 Å². The molecule has 5 heteroatoms. The van der Waals surface area contributed by atoms with Crippen molar-refractivity contribution in [1.29, 1.82) is 0 Å². The Morgan fingerprint density at radius 3 is 2.83 bits per heavy atom. The van der Waals surface area contributed by atoms with E-state index in [0.29, 0.717) is 6.73 Å². The number of hydroxylamine groups is 1. The first-order valence-corrected chi connectivity index (χ1v) is 1.39. The van der Waals surface area contributed by atoms with E-state index in [-0.39, 0.29) is 0 Å². The van der Waals surface area contributed by atoms with E-state index in [0.717, 1.165) is 5.17 Å². The van der Waals surface area contributed by atoms with Gasteiger partial charge in [0.2, 0.25) is 0 Å². The Morgan fingerprint density at radius 1 is 2.00 bits per heavy atom. The molecular weight excluding hydrogens is 84.0 g/mol. The van der Waals surface area contributed by atoms with Crippen LogP contribution in [0.1, 0.15) is 0 Å². The molecule has 0 saturated carbocycles. The van der Waals surface area contributed by atoms with Gasteiger partial charge in [0, 0.05) is 5.22 Å². The molecule has 0 aromatic heterocycles. The molecule has 0 radical (unpaired) electrons. The molecule has 32 valence electrons. The first-order chi connectivity index (χ1) is 2.93. The van der Waals surface area contributed by atoms with Gasteiger partial charge in [-0.1, -0.05) is 5.17 Å². The van der Waals surface area contributed by atoms with Crippen LogP contribution in [0, 0.1) is 0 Å². The third-order valence-electron chi connectivity index (χ3n) is 0.384. The molecular formula is CH2N4O. The minimum Gasteiger partial charge on any atom is -0.166 e. The maximum absolute atomic E-state index is 7.61. The molecule has 1 rings (SSSR count). The van der Waals surface area contributed by atoms with Gasteiger partial charge in [0.25, 0.3) is 6.73 Å². The predicted octanol–water partition coefficient (Wildman–Crippen LogP) is 0.416. The summed E-state index contributed by atoms with van der Waals surface area (Å²) >= 11 is 0. The van der Waals surface area contributed by atoms with Gasteiger partial charge in [-0.15, -0.1) is 10.4 Å². The van der Waals surface area contributed by atoms with Gasteiger partial charge in [0.1, 0.15) is 0 Å². The highest BCUT2D eigenvalue weighted by Gasteiger charge is 2.21. The summed E-state index contributed by atoms with van der Waals surface area (Å²) < 4.78 is 0. The third kappa shape index (κ3) is 0.512. The number of rotatable bonds is 1. The van der Waals surface area contributed by atoms with E-state index in [9.17, 15) is 0 Å². The van der Waals surface area contributed by atoms with Crippen molar-refractivity contribution in [2.45, 2.75) is 0 Å². The van der Waals surface area contributed by atoms with Crippen LogP contribution in [-0.4, -0.2) is 11.9 Å². The molecule has 6 heavy (non-hydrogen) atoms. The van der Waals surface area contributed by atoms with Gasteiger partial charge in [-0.3, -0.25) is 0 Å². The average molecular weight is 86.1 g/mol. The van der Waals surface area contributed by atoms with Crippen molar-refractivity contribution in [2.75, 3.05) is 6.73 Å². The maximum Gasteiger partial charge on any atom is 0.267 e. The zero-order chi connectivity index (χ0) is 4.41. The van der Waals surface area contributed by atoms with Crippen molar-refractivity contribution in [3.8, 4) is 0 Å². The van der Waals surface area contributed by atoms with Crippen LogP contribution >= 0.6 is 0 Å². The Balaban J connectivity index is 2.33. The Labute approximate surface area is 33.7 Å². The van der Waals surface area contributed by atoms with E-state index >= 15 is 0 Å². The fourth-order valence-electron chi connectivity index (χ4n) is 0.122. The topological polar surface area (TPSA) is 64.3 Å². The number of hydrogen-bond donors (Lipinski definition) is 0. The van der Waals surface area contributed by atoms with Gasteiger partial charge in [0.15, 0.2) is 0 Å². The summed E-state index contributed by atoms with van der Waals surface area (Å²) in [5, 5.41) is 4.17. The molecule has 1 aliphatic rings. The van der Waals surface area contributed by atoms with Crippen LogP contribution in [0.2, 0.25) is 0 Å². The Hall–Kier alpha value is -0.930. The van der Waals surface area contributed by atoms with Crippen LogP contribution in [0.3, 0.4) is 0 Å². The lowest BCUT2D eigenvalue weighted by atomic mass is 11.5. The largest absolute Gasteiger partial charge is 0.267 e. The first kappa shape index (κ1) is 3.27. The van der Waals surface area contributed by atoms with E-state index in [1.165, 1.54) is 0 Å². The maximum atomic E-state index is 7.61. The standard InChI is InChI=1S/CH2N4O/c2-3-4-5-1-6-5/h1H2. The summed E-state index contributed by atoms with van der Waals surface area (Å²) in [5.74, 6) is 0. The average Bonchev–Trinajstić information content (AvgIpc) is 2.21. The van der Waals surface area contributed by atoms with Crippen LogP contribution in [0.5, 0.6) is 0 Å². The molecule has 0 bridgehead atoms. The van der Waals surface area contributed by atoms with E-state index in [2.05, 4.69) is 15.0 Å². The molecule has 1 fully saturated rings. The monoisotopic (exact) mass is 86.0 g/mol. The molecule has 0 aliphatic carbocycles. The SMILES string of the molecule is [N-]=[N+]=NN1CO1. The highest BCUT2D eigenvalue weighted by Crippen LogP contribution is 2.04. The number of nitrogens with zero attached hydrogens (tertiary/aromatic N) is 4. The molecule has 0 N–H and O–H groups in total. The van der Waals surface area contributed by atoms with Crippen LogP contribution in [-0.2, 0) is 4.84 Å². The van der Waals surface area contributed by atoms with E-state index < -0.39 is 0 Å². The molecule has 1 aliphatic heterocycles. The second-order valence-corrected chi connectivity index (χ2v) is 0.789. The summed E-state index contributed by atoms with van der Waals surface area (Å²) in [6.07, 6.45) is 0. The summed E-state index contributed by atoms with van der Waals surface area (Å²) in [5.41, 5.74) is 7.61. The van der Waals surface area contributed by atoms with Crippen molar-refractivity contribution in [2.24, 2.45) is 5.22 Å². The van der Waals surface area contributed by atoms with Crippen LogP contribution in [0.4, 0.5) is 0 Å². The lowest BCUT2D eigenvalue weighted by Crippen LogP contribution is -1.72. The zero-order valence-electron chi connectivity index (χ0n) is 2.90. The molecule has 1 heterocycles. The Kier molecular flexibility index (Phi) is 0.567. The molecule has 0 aromatic rings. The summed E-state index contributed by atoms with van der Waals surface area (Å²) in [4.78, 5) is 6.79. The zero-order valence-corrected chi connectivity index (χ0v) is 2.90. The van der Waals surface area contributed by atoms with Crippen LogP contribution in [0.25, 0.3) is 10.4 Å². The molecule has 5 nitrogen and oxygen atoms in total. The van der Waals surface area contributed by atoms with Gasteiger partial charge in [-0.05, 0) is 0 Å². The van der Waals surface area contributed by atoms with Crippen molar-refractivity contribution in [1.82, 2.24) is 5.17 Å². The molecule has 0 spiro atoms. The molecule has 0 aromatic carbocycles. The predicted molar refractivity (Wildman–Crippen MR) is 16.9 cm³/mol. The van der Waals surface area contributed by atoms with Crippen molar-refractivity contribution >= 4 is 0 Å². The van der Waals surface area contributed by atoms with Crippen molar-refractivity contribution < 1.29 is 4.84 Å². The van der Waals surface area contributed by atoms with Gasteiger partial charge in [0.05, 0.1) is 0 Å².